The number of rotatable bonds is 47. The van der Waals surface area contributed by atoms with E-state index in [-0.39, 0.29) is 129 Å². The van der Waals surface area contributed by atoms with Gasteiger partial charge in [-0.05, 0) is 30.9 Å². The second kappa shape index (κ2) is 47.5. The van der Waals surface area contributed by atoms with Crippen LogP contribution in [0.3, 0.4) is 0 Å². The molecular weight excluding hydrogens is 919 g/mol. The van der Waals surface area contributed by atoms with E-state index in [1.54, 1.807) is 0 Å². The largest absolute Gasteiger partial charge is 1.00 e. The number of hydrogen-bond acceptors (Lipinski definition) is 20. The van der Waals surface area contributed by atoms with Crippen molar-refractivity contribution >= 4 is 20.2 Å². The molecule has 0 aliphatic rings. The summed E-state index contributed by atoms with van der Waals surface area (Å²) in [5.74, 6) is 0.594. The van der Waals surface area contributed by atoms with Crippen LogP contribution in [0.5, 0.6) is 11.5 Å². The average molecular weight is 987 g/mol. The molecule has 0 spiro atoms. The third-order valence-electron chi connectivity index (χ3n) is 7.49. The Kier molecular flexibility index (Phi) is 50.2. The fourth-order valence-electron chi connectivity index (χ4n) is 4.56. The van der Waals surface area contributed by atoms with Crippen molar-refractivity contribution in [3.05, 3.63) is 23.8 Å². The van der Waals surface area contributed by atoms with E-state index in [0.717, 1.165) is 17.7 Å². The molecule has 0 radical (unpaired) electrons. The molecule has 0 aliphatic heterocycles. The molecule has 0 atom stereocenters. The number of hydrogen-bond donors (Lipinski definition) is 0. The maximum absolute atomic E-state index is 10.5. The summed E-state index contributed by atoms with van der Waals surface area (Å²) in [5, 5.41) is 0. The Hall–Kier alpha value is 1.43. The second-order valence-corrected chi connectivity index (χ2v) is 15.4. The maximum Gasteiger partial charge on any atom is 1.00 e. The van der Waals surface area contributed by atoms with Crippen LogP contribution in [0.2, 0.25) is 0 Å². The van der Waals surface area contributed by atoms with Crippen LogP contribution in [-0.2, 0) is 83.5 Å². The molecule has 0 aromatic heterocycles. The number of ether oxygens (including phenoxy) is 14. The van der Waals surface area contributed by atoms with Gasteiger partial charge < -0.3 is 75.4 Å². The first-order valence-corrected chi connectivity index (χ1v) is 23.4. The second-order valence-electron chi connectivity index (χ2n) is 12.4. The zero-order valence-electron chi connectivity index (χ0n) is 37.1. The molecule has 1 aromatic rings. The fourth-order valence-corrected chi connectivity index (χ4v) is 5.50. The van der Waals surface area contributed by atoms with Crippen LogP contribution in [-0.4, -0.2) is 209 Å². The summed E-state index contributed by atoms with van der Waals surface area (Å²) < 4.78 is 140. The molecule has 0 N–H and O–H groups in total. The van der Waals surface area contributed by atoms with Crippen LogP contribution in [0.1, 0.15) is 25.3 Å². The van der Waals surface area contributed by atoms with Crippen LogP contribution >= 0.6 is 0 Å². The van der Waals surface area contributed by atoms with E-state index in [1.807, 2.05) is 18.2 Å². The van der Waals surface area contributed by atoms with Gasteiger partial charge >= 0.3 is 103 Å². The molecule has 0 aliphatic carbocycles. The van der Waals surface area contributed by atoms with Gasteiger partial charge in [-0.3, -0.25) is 0 Å². The smallest absolute Gasteiger partial charge is 0.748 e. The molecule has 0 saturated heterocycles. The average Bonchev–Trinajstić information content (AvgIpc) is 3.21. The van der Waals surface area contributed by atoms with Crippen LogP contribution < -0.4 is 112 Å². The van der Waals surface area contributed by atoms with E-state index in [9.17, 15) is 25.9 Å². The van der Waals surface area contributed by atoms with Gasteiger partial charge in [0.25, 0.3) is 0 Å². The molecule has 0 amide bonds. The first-order chi connectivity index (χ1) is 29.1. The molecule has 0 heterocycles. The van der Waals surface area contributed by atoms with Crippen LogP contribution in [0.15, 0.2) is 18.2 Å². The Morgan fingerprint density at radius 2 is 0.645 bits per heavy atom. The topological polar surface area (TPSA) is 244 Å². The predicted octanol–water partition coefficient (Wildman–Crippen LogP) is -4.92. The molecule has 354 valence electrons. The normalized spacial score (nSPS) is 11.7. The van der Waals surface area contributed by atoms with Gasteiger partial charge in [-0.1, -0.05) is 13.0 Å². The number of benzene rings is 1. The van der Waals surface area contributed by atoms with Gasteiger partial charge in [0.15, 0.2) is 0 Å². The summed E-state index contributed by atoms with van der Waals surface area (Å²) >= 11 is 0. The van der Waals surface area contributed by atoms with Crippen molar-refractivity contribution in [3.8, 4) is 11.5 Å². The van der Waals surface area contributed by atoms with Gasteiger partial charge in [0.2, 0.25) is 0 Å². The van der Waals surface area contributed by atoms with Crippen molar-refractivity contribution in [2.75, 3.05) is 183 Å². The molecule has 0 fully saturated rings. The van der Waals surface area contributed by atoms with Gasteiger partial charge in [0.1, 0.15) is 24.7 Å². The van der Waals surface area contributed by atoms with Crippen LogP contribution in [0, 0.1) is 0 Å². The SMILES string of the molecule is CCc1ccc(OCCOCCOCCOCCOCCOCCOCCCS(=O)(=O)[O-])cc1OCCOCCOCCOCCOCCOCCOCCCS(=O)(=O)[O-].[K+].[K+]. The maximum atomic E-state index is 10.5. The summed E-state index contributed by atoms with van der Waals surface area (Å²) in [4.78, 5) is 0. The van der Waals surface area contributed by atoms with Gasteiger partial charge in [-0.15, -0.1) is 0 Å². The minimum atomic E-state index is -4.19. The quantitative estimate of drug-likeness (QED) is 0.0338. The Morgan fingerprint density at radius 3 is 0.919 bits per heavy atom. The summed E-state index contributed by atoms with van der Waals surface area (Å²) in [6, 6.07) is 5.78. The van der Waals surface area contributed by atoms with Gasteiger partial charge in [-0.25, -0.2) is 16.8 Å². The first kappa shape index (κ1) is 65.5. The Morgan fingerprint density at radius 1 is 0.387 bits per heavy atom. The standard InChI is InChI=1S/C38H70O20S2.2K/c1-2-36-5-6-37(57-31-29-55-27-25-53-23-21-51-19-17-49-15-13-47-11-9-45-7-3-33-59(39,40)41)35-38(36)58-32-30-56-28-26-54-24-22-52-20-18-50-16-14-48-12-10-46-8-4-34-60(42,43)44;;/h5-6,35H,2-4,7-34H2,1H3,(H,39,40,41)(H,42,43,44);;/q;2*+1/p-2. The third-order valence-corrected chi connectivity index (χ3v) is 9.06. The van der Waals surface area contributed by atoms with Crippen molar-refractivity contribution in [2.24, 2.45) is 0 Å². The zero-order chi connectivity index (χ0) is 43.7. The van der Waals surface area contributed by atoms with Gasteiger partial charge in [0, 0.05) is 30.8 Å². The Bertz CT molecular complexity index is 1330. The van der Waals surface area contributed by atoms with Crippen molar-refractivity contribution in [2.45, 2.75) is 26.2 Å². The first-order valence-electron chi connectivity index (χ1n) is 20.3. The van der Waals surface area contributed by atoms with E-state index in [1.165, 1.54) is 0 Å². The molecule has 20 nitrogen and oxygen atoms in total. The summed E-state index contributed by atoms with van der Waals surface area (Å²) in [6.07, 6.45) is 1.16. The van der Waals surface area contributed by atoms with E-state index >= 15 is 0 Å². The van der Waals surface area contributed by atoms with E-state index in [2.05, 4.69) is 6.92 Å². The van der Waals surface area contributed by atoms with E-state index in [0.29, 0.717) is 164 Å². The number of aryl methyl sites for hydroxylation is 1. The predicted molar refractivity (Wildman–Crippen MR) is 215 cm³/mol. The zero-order valence-corrected chi connectivity index (χ0v) is 45.0. The minimum absolute atomic E-state index is 0. The van der Waals surface area contributed by atoms with Gasteiger partial charge in [-0.2, -0.15) is 0 Å². The molecule has 62 heavy (non-hydrogen) atoms. The molecule has 1 rings (SSSR count). The van der Waals surface area contributed by atoms with Crippen LogP contribution in [0.4, 0.5) is 0 Å². The summed E-state index contributed by atoms with van der Waals surface area (Å²) in [5.41, 5.74) is 1.07. The van der Waals surface area contributed by atoms with E-state index < -0.39 is 31.7 Å². The molecule has 0 bridgehead atoms. The van der Waals surface area contributed by atoms with Crippen molar-refractivity contribution in [1.82, 2.24) is 0 Å². The minimum Gasteiger partial charge on any atom is -0.748 e. The molecule has 0 saturated carbocycles. The molecule has 24 heteroatoms. The molecular formula is C38H68K2O20S2. The summed E-state index contributed by atoms with van der Waals surface area (Å²) in [7, 11) is -8.38. The Balaban J connectivity index is 0. The monoisotopic (exact) mass is 986 g/mol. The molecule has 1 aromatic carbocycles. The van der Waals surface area contributed by atoms with Gasteiger partial charge in [0.05, 0.1) is 166 Å². The fraction of sp³-hybridized carbons (Fsp3) is 0.842. The van der Waals surface area contributed by atoms with Crippen molar-refractivity contribution in [3.63, 3.8) is 0 Å². The van der Waals surface area contributed by atoms with E-state index in [4.69, 9.17) is 66.3 Å². The van der Waals surface area contributed by atoms with Crippen molar-refractivity contribution < 1.29 is 195 Å². The third kappa shape index (κ3) is 47.9. The Labute approximate surface area is 454 Å². The van der Waals surface area contributed by atoms with Crippen molar-refractivity contribution in [1.29, 1.82) is 0 Å². The summed E-state index contributed by atoms with van der Waals surface area (Å²) in [6.45, 7) is 12.3. The molecule has 0 unspecified atom stereocenters. The van der Waals surface area contributed by atoms with Crippen LogP contribution in [0.25, 0.3) is 0 Å².